The van der Waals surface area contributed by atoms with Crippen LogP contribution in [-0.4, -0.2) is 12.4 Å². The molecule has 0 aliphatic heterocycles. The minimum Gasteiger partial charge on any atom is -0.486 e. The lowest BCUT2D eigenvalue weighted by Crippen LogP contribution is -2.25. The number of ketones is 1. The Labute approximate surface area is 113 Å². The SMILES string of the molecule is CC1CCC(C(=O)COc2cccc(Cl)c2)CC1. The molecule has 0 atom stereocenters. The second-order valence-electron chi connectivity index (χ2n) is 5.17. The standard InChI is InChI=1S/C15H19ClO2/c1-11-5-7-12(8-6-11)15(17)10-18-14-4-2-3-13(16)9-14/h2-4,9,11-12H,5-8,10H2,1H3. The van der Waals surface area contributed by atoms with E-state index in [0.717, 1.165) is 31.6 Å². The number of hydrogen-bond acceptors (Lipinski definition) is 2. The van der Waals surface area contributed by atoms with Crippen LogP contribution in [0.1, 0.15) is 32.6 Å². The normalized spacial score (nSPS) is 23.7. The molecule has 0 aromatic heterocycles. The molecule has 1 saturated carbocycles. The predicted octanol–water partition coefficient (Wildman–Crippen LogP) is 4.11. The molecule has 1 fully saturated rings. The summed E-state index contributed by atoms with van der Waals surface area (Å²) in [4.78, 5) is 12.0. The maximum absolute atomic E-state index is 12.0. The van der Waals surface area contributed by atoms with Crippen LogP contribution in [0.4, 0.5) is 0 Å². The van der Waals surface area contributed by atoms with E-state index in [1.54, 1.807) is 12.1 Å². The number of Topliss-reactive ketones (excluding diaryl/α,β-unsaturated/α-hetero) is 1. The van der Waals surface area contributed by atoms with Gasteiger partial charge in [-0.1, -0.05) is 37.4 Å². The Morgan fingerprint density at radius 2 is 2.06 bits per heavy atom. The van der Waals surface area contributed by atoms with Gasteiger partial charge in [0, 0.05) is 10.9 Å². The highest BCUT2D eigenvalue weighted by Crippen LogP contribution is 2.29. The van der Waals surface area contributed by atoms with Gasteiger partial charge in [0.25, 0.3) is 0 Å². The summed E-state index contributed by atoms with van der Waals surface area (Å²) in [6.07, 6.45) is 4.35. The van der Waals surface area contributed by atoms with Crippen molar-refractivity contribution in [1.29, 1.82) is 0 Å². The number of ether oxygens (including phenoxy) is 1. The summed E-state index contributed by atoms with van der Waals surface area (Å²) in [6.45, 7) is 2.42. The average Bonchev–Trinajstić information content (AvgIpc) is 2.37. The fourth-order valence-corrected chi connectivity index (χ4v) is 2.59. The first kappa shape index (κ1) is 13.4. The molecule has 98 valence electrons. The second kappa shape index (κ2) is 6.24. The molecule has 2 nitrogen and oxygen atoms in total. The third-order valence-corrected chi connectivity index (χ3v) is 3.88. The molecule has 0 N–H and O–H groups in total. The van der Waals surface area contributed by atoms with E-state index in [1.165, 1.54) is 0 Å². The number of halogens is 1. The molecule has 0 bridgehead atoms. The third-order valence-electron chi connectivity index (χ3n) is 3.65. The fraction of sp³-hybridized carbons (Fsp3) is 0.533. The first-order valence-corrected chi connectivity index (χ1v) is 6.94. The van der Waals surface area contributed by atoms with Crippen LogP contribution in [0.3, 0.4) is 0 Å². The molecule has 0 radical (unpaired) electrons. The number of rotatable bonds is 4. The number of hydrogen-bond donors (Lipinski definition) is 0. The lowest BCUT2D eigenvalue weighted by molar-refractivity contribution is -0.126. The van der Waals surface area contributed by atoms with E-state index in [0.29, 0.717) is 10.8 Å². The number of benzene rings is 1. The zero-order chi connectivity index (χ0) is 13.0. The molecule has 0 unspecified atom stereocenters. The Morgan fingerprint density at radius 3 is 2.72 bits per heavy atom. The van der Waals surface area contributed by atoms with Crippen molar-refractivity contribution in [3.05, 3.63) is 29.3 Å². The van der Waals surface area contributed by atoms with Crippen LogP contribution >= 0.6 is 11.6 Å². The van der Waals surface area contributed by atoms with Gasteiger partial charge in [0.1, 0.15) is 12.4 Å². The van der Waals surface area contributed by atoms with E-state index in [1.807, 2.05) is 12.1 Å². The second-order valence-corrected chi connectivity index (χ2v) is 5.61. The van der Waals surface area contributed by atoms with E-state index in [-0.39, 0.29) is 18.3 Å². The van der Waals surface area contributed by atoms with Crippen molar-refractivity contribution < 1.29 is 9.53 Å². The van der Waals surface area contributed by atoms with Gasteiger partial charge in [0.05, 0.1) is 0 Å². The maximum Gasteiger partial charge on any atom is 0.173 e. The van der Waals surface area contributed by atoms with E-state index in [4.69, 9.17) is 16.3 Å². The number of carbonyl (C=O) groups is 1. The zero-order valence-electron chi connectivity index (χ0n) is 10.7. The van der Waals surface area contributed by atoms with Crippen LogP contribution in [0.15, 0.2) is 24.3 Å². The van der Waals surface area contributed by atoms with Crippen molar-refractivity contribution in [2.24, 2.45) is 11.8 Å². The van der Waals surface area contributed by atoms with E-state index >= 15 is 0 Å². The van der Waals surface area contributed by atoms with Gasteiger partial charge in [-0.05, 0) is 37.0 Å². The Kier molecular flexibility index (Phi) is 4.65. The van der Waals surface area contributed by atoms with Gasteiger partial charge in [-0.15, -0.1) is 0 Å². The minimum atomic E-state index is 0.166. The van der Waals surface area contributed by atoms with Crippen molar-refractivity contribution in [3.8, 4) is 5.75 Å². The Bertz CT molecular complexity index is 409. The summed E-state index contributed by atoms with van der Waals surface area (Å²) >= 11 is 5.86. The van der Waals surface area contributed by atoms with Gasteiger partial charge in [-0.3, -0.25) is 4.79 Å². The molecular formula is C15H19ClO2. The van der Waals surface area contributed by atoms with Crippen molar-refractivity contribution >= 4 is 17.4 Å². The van der Waals surface area contributed by atoms with Crippen molar-refractivity contribution in [2.75, 3.05) is 6.61 Å². The summed E-state index contributed by atoms with van der Waals surface area (Å²) in [7, 11) is 0. The molecule has 0 amide bonds. The summed E-state index contributed by atoms with van der Waals surface area (Å²) in [5, 5.41) is 0.631. The number of carbonyl (C=O) groups excluding carboxylic acids is 1. The van der Waals surface area contributed by atoms with Gasteiger partial charge >= 0.3 is 0 Å². The smallest absolute Gasteiger partial charge is 0.173 e. The Morgan fingerprint density at radius 1 is 1.33 bits per heavy atom. The first-order valence-electron chi connectivity index (χ1n) is 6.56. The maximum atomic E-state index is 12.0. The Hall–Kier alpha value is -1.02. The first-order chi connectivity index (χ1) is 8.65. The largest absolute Gasteiger partial charge is 0.486 e. The zero-order valence-corrected chi connectivity index (χ0v) is 11.5. The van der Waals surface area contributed by atoms with Gasteiger partial charge in [0.2, 0.25) is 0 Å². The molecule has 0 spiro atoms. The molecule has 1 aliphatic carbocycles. The van der Waals surface area contributed by atoms with Gasteiger partial charge < -0.3 is 4.74 Å². The molecule has 2 rings (SSSR count). The van der Waals surface area contributed by atoms with E-state index in [2.05, 4.69) is 6.92 Å². The van der Waals surface area contributed by atoms with Crippen LogP contribution in [-0.2, 0) is 4.79 Å². The molecule has 1 aliphatic rings. The molecule has 18 heavy (non-hydrogen) atoms. The van der Waals surface area contributed by atoms with Crippen molar-refractivity contribution in [1.82, 2.24) is 0 Å². The van der Waals surface area contributed by atoms with Gasteiger partial charge in [-0.25, -0.2) is 0 Å². The van der Waals surface area contributed by atoms with Crippen molar-refractivity contribution in [3.63, 3.8) is 0 Å². The van der Waals surface area contributed by atoms with E-state index < -0.39 is 0 Å². The summed E-state index contributed by atoms with van der Waals surface area (Å²) in [5.41, 5.74) is 0. The highest BCUT2D eigenvalue weighted by Gasteiger charge is 2.24. The van der Waals surface area contributed by atoms with Gasteiger partial charge in [0.15, 0.2) is 5.78 Å². The molecule has 0 heterocycles. The Balaban J connectivity index is 1.81. The topological polar surface area (TPSA) is 26.3 Å². The monoisotopic (exact) mass is 266 g/mol. The summed E-state index contributed by atoms with van der Waals surface area (Å²) in [6, 6.07) is 7.17. The van der Waals surface area contributed by atoms with Gasteiger partial charge in [-0.2, -0.15) is 0 Å². The van der Waals surface area contributed by atoms with Crippen LogP contribution < -0.4 is 4.74 Å². The lowest BCUT2D eigenvalue weighted by atomic mass is 9.81. The summed E-state index contributed by atoms with van der Waals surface area (Å²) in [5.74, 6) is 1.85. The van der Waals surface area contributed by atoms with Crippen LogP contribution in [0.5, 0.6) is 5.75 Å². The van der Waals surface area contributed by atoms with Crippen LogP contribution in [0, 0.1) is 11.8 Å². The van der Waals surface area contributed by atoms with Crippen molar-refractivity contribution in [2.45, 2.75) is 32.6 Å². The van der Waals surface area contributed by atoms with Crippen LogP contribution in [0.25, 0.3) is 0 Å². The molecule has 1 aromatic rings. The third kappa shape index (κ3) is 3.74. The molecule has 3 heteroatoms. The van der Waals surface area contributed by atoms with Crippen LogP contribution in [0.2, 0.25) is 5.02 Å². The summed E-state index contributed by atoms with van der Waals surface area (Å²) < 4.78 is 5.49. The molecular weight excluding hydrogens is 248 g/mol. The average molecular weight is 267 g/mol. The van der Waals surface area contributed by atoms with E-state index in [9.17, 15) is 4.79 Å². The predicted molar refractivity (Wildman–Crippen MR) is 73.1 cm³/mol. The molecule has 0 saturated heterocycles. The minimum absolute atomic E-state index is 0.166. The highest BCUT2D eigenvalue weighted by atomic mass is 35.5. The lowest BCUT2D eigenvalue weighted by Gasteiger charge is -2.24. The highest BCUT2D eigenvalue weighted by molar-refractivity contribution is 6.30. The fourth-order valence-electron chi connectivity index (χ4n) is 2.41. The quantitative estimate of drug-likeness (QED) is 0.820. The molecule has 1 aromatic carbocycles.